The van der Waals surface area contributed by atoms with Crippen LogP contribution in [0.25, 0.3) is 0 Å². The van der Waals surface area contributed by atoms with Crippen LogP contribution in [0.15, 0.2) is 34.1 Å². The topological polar surface area (TPSA) is 44.5 Å². The Morgan fingerprint density at radius 1 is 1.17 bits per heavy atom. The molecule has 1 aromatic carbocycles. The highest BCUT2D eigenvalue weighted by Crippen LogP contribution is 2.45. The normalized spacial score (nSPS) is 13.8. The zero-order valence-corrected chi connectivity index (χ0v) is 15.2. The summed E-state index contributed by atoms with van der Waals surface area (Å²) in [5.74, 6) is 1.63. The zero-order chi connectivity index (χ0) is 16.7. The van der Waals surface area contributed by atoms with Crippen molar-refractivity contribution in [3.63, 3.8) is 0 Å². The number of hydrogen-bond acceptors (Lipinski definition) is 4. The lowest BCUT2D eigenvalue weighted by Gasteiger charge is -2.21. The third-order valence-corrected chi connectivity index (χ3v) is 5.09. The van der Waals surface area contributed by atoms with Gasteiger partial charge in [0.1, 0.15) is 0 Å². The van der Waals surface area contributed by atoms with Crippen LogP contribution in [0.1, 0.15) is 37.3 Å². The molecule has 126 valence electrons. The van der Waals surface area contributed by atoms with Gasteiger partial charge in [0, 0.05) is 4.91 Å². The van der Waals surface area contributed by atoms with Gasteiger partial charge >= 0.3 is 0 Å². The molecule has 1 aliphatic rings. The SMILES string of the molecule is CCCc1cc(OC)c(OC)c(SC2=CCCC=C2)c1CCN. The molecule has 0 saturated carbocycles. The van der Waals surface area contributed by atoms with E-state index in [4.69, 9.17) is 15.2 Å². The van der Waals surface area contributed by atoms with Crippen molar-refractivity contribution in [2.24, 2.45) is 5.73 Å². The number of allylic oxidation sites excluding steroid dienone is 3. The molecule has 0 amide bonds. The Hall–Kier alpha value is -1.39. The second-order valence-corrected chi connectivity index (χ2v) is 6.64. The molecule has 4 heteroatoms. The summed E-state index contributed by atoms with van der Waals surface area (Å²) < 4.78 is 11.3. The maximum atomic E-state index is 5.88. The highest BCUT2D eigenvalue weighted by atomic mass is 32.2. The van der Waals surface area contributed by atoms with E-state index >= 15 is 0 Å². The van der Waals surface area contributed by atoms with Crippen molar-refractivity contribution in [3.8, 4) is 11.5 Å². The van der Waals surface area contributed by atoms with Gasteiger partial charge in [-0.2, -0.15) is 0 Å². The van der Waals surface area contributed by atoms with Crippen molar-refractivity contribution in [2.75, 3.05) is 20.8 Å². The van der Waals surface area contributed by atoms with E-state index in [2.05, 4.69) is 31.2 Å². The molecule has 2 N–H and O–H groups in total. The Morgan fingerprint density at radius 2 is 2.00 bits per heavy atom. The third kappa shape index (κ3) is 4.33. The first-order valence-electron chi connectivity index (χ1n) is 8.26. The fourth-order valence-electron chi connectivity index (χ4n) is 2.85. The molecule has 0 bridgehead atoms. The van der Waals surface area contributed by atoms with E-state index in [-0.39, 0.29) is 0 Å². The summed E-state index contributed by atoms with van der Waals surface area (Å²) in [7, 11) is 3.41. The molecule has 0 fully saturated rings. The molecule has 3 nitrogen and oxygen atoms in total. The van der Waals surface area contributed by atoms with Gasteiger partial charge in [-0.1, -0.05) is 43.3 Å². The number of methoxy groups -OCH3 is 2. The number of thioether (sulfide) groups is 1. The first-order valence-corrected chi connectivity index (χ1v) is 9.08. The molecule has 0 atom stereocenters. The molecule has 0 aromatic heterocycles. The Bertz CT molecular complexity index is 594. The van der Waals surface area contributed by atoms with Crippen molar-refractivity contribution < 1.29 is 9.47 Å². The van der Waals surface area contributed by atoms with E-state index < -0.39 is 0 Å². The predicted octanol–water partition coefficient (Wildman–Crippen LogP) is 4.48. The number of benzene rings is 1. The van der Waals surface area contributed by atoms with Crippen molar-refractivity contribution in [1.29, 1.82) is 0 Å². The van der Waals surface area contributed by atoms with Gasteiger partial charge in [-0.05, 0) is 49.4 Å². The van der Waals surface area contributed by atoms with Crippen LogP contribution >= 0.6 is 11.8 Å². The molecule has 0 aliphatic heterocycles. The van der Waals surface area contributed by atoms with E-state index in [1.54, 1.807) is 26.0 Å². The third-order valence-electron chi connectivity index (χ3n) is 3.92. The van der Waals surface area contributed by atoms with E-state index in [1.807, 2.05) is 0 Å². The minimum Gasteiger partial charge on any atom is -0.493 e. The molecule has 0 heterocycles. The number of hydrogen-bond donors (Lipinski definition) is 1. The van der Waals surface area contributed by atoms with E-state index in [9.17, 15) is 0 Å². The van der Waals surface area contributed by atoms with Crippen molar-refractivity contribution in [2.45, 2.75) is 43.9 Å². The minimum absolute atomic E-state index is 0.634. The highest BCUT2D eigenvalue weighted by Gasteiger charge is 2.20. The van der Waals surface area contributed by atoms with Gasteiger partial charge in [-0.3, -0.25) is 0 Å². The molecular formula is C19H27NO2S. The van der Waals surface area contributed by atoms with Gasteiger partial charge in [0.15, 0.2) is 11.5 Å². The number of aryl methyl sites for hydroxylation is 1. The van der Waals surface area contributed by atoms with Crippen molar-refractivity contribution in [3.05, 3.63) is 40.3 Å². The van der Waals surface area contributed by atoms with Crippen LogP contribution in [0.5, 0.6) is 11.5 Å². The maximum Gasteiger partial charge on any atom is 0.174 e. The fraction of sp³-hybridized carbons (Fsp3) is 0.474. The van der Waals surface area contributed by atoms with Gasteiger partial charge in [0.05, 0.1) is 19.1 Å². The Morgan fingerprint density at radius 3 is 2.57 bits per heavy atom. The number of rotatable bonds is 8. The molecule has 1 aliphatic carbocycles. The lowest BCUT2D eigenvalue weighted by Crippen LogP contribution is -2.09. The second kappa shape index (κ2) is 9.04. The van der Waals surface area contributed by atoms with E-state index in [0.717, 1.165) is 48.5 Å². The summed E-state index contributed by atoms with van der Waals surface area (Å²) in [6, 6.07) is 2.11. The molecule has 0 unspecified atom stereocenters. The quantitative estimate of drug-likeness (QED) is 0.761. The van der Waals surface area contributed by atoms with Gasteiger partial charge in [-0.15, -0.1) is 0 Å². The lowest BCUT2D eigenvalue weighted by molar-refractivity contribution is 0.346. The summed E-state index contributed by atoms with van der Waals surface area (Å²) in [6.07, 6.45) is 11.9. The van der Waals surface area contributed by atoms with Crippen molar-refractivity contribution >= 4 is 11.8 Å². The van der Waals surface area contributed by atoms with Gasteiger partial charge in [0.25, 0.3) is 0 Å². The zero-order valence-electron chi connectivity index (χ0n) is 14.4. The lowest BCUT2D eigenvalue weighted by atomic mass is 9.99. The molecule has 0 radical (unpaired) electrons. The first-order chi connectivity index (χ1) is 11.2. The van der Waals surface area contributed by atoms with Crippen molar-refractivity contribution in [1.82, 2.24) is 0 Å². The van der Waals surface area contributed by atoms with Crippen LogP contribution in [-0.2, 0) is 12.8 Å². The average Bonchev–Trinajstić information content (AvgIpc) is 2.58. The summed E-state index contributed by atoms with van der Waals surface area (Å²) in [5, 5.41) is 0. The molecule has 1 aromatic rings. The Labute approximate surface area is 143 Å². The van der Waals surface area contributed by atoms with Crippen LogP contribution in [0.3, 0.4) is 0 Å². The molecule has 2 rings (SSSR count). The van der Waals surface area contributed by atoms with Crippen LogP contribution in [0.2, 0.25) is 0 Å². The smallest absolute Gasteiger partial charge is 0.174 e. The first kappa shape index (κ1) is 18.0. The second-order valence-electron chi connectivity index (χ2n) is 5.56. The van der Waals surface area contributed by atoms with E-state index in [1.165, 1.54) is 16.0 Å². The average molecular weight is 333 g/mol. The molecule has 0 saturated heterocycles. The highest BCUT2D eigenvalue weighted by molar-refractivity contribution is 8.03. The minimum atomic E-state index is 0.634. The summed E-state index contributed by atoms with van der Waals surface area (Å²) in [4.78, 5) is 2.42. The van der Waals surface area contributed by atoms with Gasteiger partial charge in [-0.25, -0.2) is 0 Å². The summed E-state index contributed by atoms with van der Waals surface area (Å²) in [6.45, 7) is 2.83. The molecular weight excluding hydrogens is 306 g/mol. The van der Waals surface area contributed by atoms with Crippen LogP contribution in [0.4, 0.5) is 0 Å². The van der Waals surface area contributed by atoms with Gasteiger partial charge < -0.3 is 15.2 Å². The predicted molar refractivity (Wildman–Crippen MR) is 98.6 cm³/mol. The standard InChI is InChI=1S/C19H27NO2S/c1-4-8-14-13-17(21-2)18(22-3)19(16(14)11-12-20)23-15-9-6-5-7-10-15/h6,9-10,13H,4-5,7-8,11-12,20H2,1-3H3. The summed E-state index contributed by atoms with van der Waals surface area (Å²) in [5.41, 5.74) is 8.50. The van der Waals surface area contributed by atoms with Gasteiger partial charge in [0.2, 0.25) is 0 Å². The van der Waals surface area contributed by atoms with Crippen LogP contribution < -0.4 is 15.2 Å². The largest absolute Gasteiger partial charge is 0.493 e. The fourth-order valence-corrected chi connectivity index (χ4v) is 4.09. The Balaban J connectivity index is 2.54. The monoisotopic (exact) mass is 333 g/mol. The summed E-state index contributed by atoms with van der Waals surface area (Å²) >= 11 is 1.77. The number of ether oxygens (including phenoxy) is 2. The molecule has 0 spiro atoms. The number of nitrogens with two attached hydrogens (primary N) is 1. The maximum absolute atomic E-state index is 5.88. The van der Waals surface area contributed by atoms with Crippen LogP contribution in [0, 0.1) is 0 Å². The molecule has 23 heavy (non-hydrogen) atoms. The Kier molecular flexibility index (Phi) is 7.06. The van der Waals surface area contributed by atoms with Crippen LogP contribution in [-0.4, -0.2) is 20.8 Å². The van der Waals surface area contributed by atoms with E-state index in [0.29, 0.717) is 6.54 Å².